The maximum absolute atomic E-state index is 13.7. The third-order valence-corrected chi connectivity index (χ3v) is 8.23. The van der Waals surface area contributed by atoms with E-state index >= 15 is 0 Å². The number of hydrogen-bond donors (Lipinski definition) is 1. The molecule has 3 atom stereocenters. The van der Waals surface area contributed by atoms with Crippen molar-refractivity contribution in [3.63, 3.8) is 0 Å². The molecule has 9 heteroatoms. The number of esters is 1. The van der Waals surface area contributed by atoms with Crippen molar-refractivity contribution in [1.82, 2.24) is 4.98 Å². The number of aromatic amines is 1. The summed E-state index contributed by atoms with van der Waals surface area (Å²) in [5, 5.41) is -0.105. The van der Waals surface area contributed by atoms with Crippen molar-refractivity contribution in [3.8, 4) is 0 Å². The Hall–Kier alpha value is -3.43. The SMILES string of the molecule is CCOC(=O)c1ccccc1N1C(=O)[C@H]2[C@H](Sc3[nH]c(=O)sc3[C@@H]2/C=C/c2ccccc2)C1=O. The molecule has 1 saturated heterocycles. The van der Waals surface area contributed by atoms with Crippen LogP contribution in [-0.4, -0.2) is 34.6 Å². The summed E-state index contributed by atoms with van der Waals surface area (Å²) < 4.78 is 5.13. The first kappa shape index (κ1) is 22.4. The molecular weight excluding hydrogens is 472 g/mol. The summed E-state index contributed by atoms with van der Waals surface area (Å²) in [7, 11) is 0. The number of allylic oxidation sites excluding steroid dienone is 1. The van der Waals surface area contributed by atoms with Crippen LogP contribution in [0, 0.1) is 5.92 Å². The first-order valence-electron chi connectivity index (χ1n) is 10.8. The number of thiazole rings is 1. The Morgan fingerprint density at radius 3 is 2.56 bits per heavy atom. The molecular formula is C25H20N2O5S2. The molecule has 7 nitrogen and oxygen atoms in total. The van der Waals surface area contributed by atoms with Crippen LogP contribution in [0.25, 0.3) is 6.08 Å². The van der Waals surface area contributed by atoms with E-state index in [4.69, 9.17) is 4.74 Å². The number of nitrogens with zero attached hydrogens (tertiary/aromatic N) is 1. The van der Waals surface area contributed by atoms with Crippen molar-refractivity contribution in [3.05, 3.63) is 86.3 Å². The Balaban J connectivity index is 1.57. The van der Waals surface area contributed by atoms with Crippen molar-refractivity contribution in [1.29, 1.82) is 0 Å². The summed E-state index contributed by atoms with van der Waals surface area (Å²) in [6.45, 7) is 1.87. The topological polar surface area (TPSA) is 96.5 Å². The van der Waals surface area contributed by atoms with E-state index < -0.39 is 34.9 Å². The van der Waals surface area contributed by atoms with E-state index in [1.165, 1.54) is 11.8 Å². The van der Waals surface area contributed by atoms with Crippen LogP contribution in [0.15, 0.2) is 70.5 Å². The normalized spacial score (nSPS) is 21.6. The van der Waals surface area contributed by atoms with Gasteiger partial charge in [-0.15, -0.1) is 0 Å². The number of anilines is 1. The van der Waals surface area contributed by atoms with E-state index in [0.29, 0.717) is 5.03 Å². The summed E-state index contributed by atoms with van der Waals surface area (Å²) in [5.41, 5.74) is 1.32. The van der Waals surface area contributed by atoms with Gasteiger partial charge in [0, 0.05) is 10.8 Å². The molecule has 0 spiro atoms. The van der Waals surface area contributed by atoms with Crippen molar-refractivity contribution in [2.24, 2.45) is 5.92 Å². The number of imide groups is 1. The molecule has 0 aliphatic carbocycles. The summed E-state index contributed by atoms with van der Waals surface area (Å²) in [6, 6.07) is 16.1. The minimum absolute atomic E-state index is 0.161. The fourth-order valence-electron chi connectivity index (χ4n) is 4.33. The molecule has 34 heavy (non-hydrogen) atoms. The van der Waals surface area contributed by atoms with Crippen LogP contribution in [0.4, 0.5) is 5.69 Å². The van der Waals surface area contributed by atoms with Gasteiger partial charge in [-0.05, 0) is 24.6 Å². The monoisotopic (exact) mass is 492 g/mol. The van der Waals surface area contributed by atoms with E-state index in [-0.39, 0.29) is 22.7 Å². The van der Waals surface area contributed by atoms with Crippen LogP contribution in [-0.2, 0) is 14.3 Å². The Labute approximate surface area is 203 Å². The van der Waals surface area contributed by atoms with Gasteiger partial charge in [0.25, 0.3) is 0 Å². The third kappa shape index (κ3) is 3.80. The Morgan fingerprint density at radius 1 is 1.06 bits per heavy atom. The van der Waals surface area contributed by atoms with Gasteiger partial charge in [-0.3, -0.25) is 14.4 Å². The molecule has 2 aromatic carbocycles. The van der Waals surface area contributed by atoms with E-state index in [1.54, 1.807) is 31.2 Å². The zero-order valence-electron chi connectivity index (χ0n) is 18.1. The number of ether oxygens (including phenoxy) is 1. The Kier molecular flexibility index (Phi) is 5.97. The molecule has 2 aliphatic heterocycles. The maximum atomic E-state index is 13.7. The number of benzene rings is 2. The zero-order valence-corrected chi connectivity index (χ0v) is 19.7. The molecule has 2 amide bonds. The third-order valence-electron chi connectivity index (χ3n) is 5.81. The van der Waals surface area contributed by atoms with Gasteiger partial charge in [0.2, 0.25) is 11.8 Å². The number of para-hydroxylation sites is 1. The predicted octanol–water partition coefficient (Wildman–Crippen LogP) is 4.07. The molecule has 172 valence electrons. The second-order valence-electron chi connectivity index (χ2n) is 7.82. The van der Waals surface area contributed by atoms with Gasteiger partial charge in [0.1, 0.15) is 5.25 Å². The van der Waals surface area contributed by atoms with Gasteiger partial charge < -0.3 is 9.72 Å². The van der Waals surface area contributed by atoms with Crippen molar-refractivity contribution in [2.75, 3.05) is 11.5 Å². The summed E-state index contributed by atoms with van der Waals surface area (Å²) in [6.07, 6.45) is 3.79. The van der Waals surface area contributed by atoms with Crippen molar-refractivity contribution < 1.29 is 19.1 Å². The van der Waals surface area contributed by atoms with Crippen molar-refractivity contribution in [2.45, 2.75) is 23.1 Å². The number of nitrogens with one attached hydrogen (secondary N) is 1. The lowest BCUT2D eigenvalue weighted by Gasteiger charge is -2.27. The molecule has 0 unspecified atom stereocenters. The Bertz CT molecular complexity index is 1360. The second-order valence-corrected chi connectivity index (χ2v) is 9.98. The van der Waals surface area contributed by atoms with Gasteiger partial charge in [0.05, 0.1) is 28.8 Å². The standard InChI is InChI=1S/C25H20N2O5S2/c1-2-32-24(30)15-10-6-7-11-17(15)27-22(28)18-16(13-12-14-8-4-3-5-9-14)19-21(26-25(31)34-19)33-20(18)23(27)29/h3-13,16,18,20H,2H2,1H3,(H,26,31)/b13-12+/t16-,18-,20+/m1/s1. The molecule has 2 aliphatic rings. The average molecular weight is 493 g/mol. The zero-order chi connectivity index (χ0) is 23.8. The maximum Gasteiger partial charge on any atom is 0.340 e. The lowest BCUT2D eigenvalue weighted by molar-refractivity contribution is -0.122. The first-order valence-corrected chi connectivity index (χ1v) is 12.5. The minimum Gasteiger partial charge on any atom is -0.462 e. The van der Waals surface area contributed by atoms with Gasteiger partial charge in [-0.1, -0.05) is 77.7 Å². The number of carbonyl (C=O) groups excluding carboxylic acids is 3. The summed E-state index contributed by atoms with van der Waals surface area (Å²) in [4.78, 5) is 56.4. The Morgan fingerprint density at radius 2 is 1.79 bits per heavy atom. The van der Waals surface area contributed by atoms with Crippen LogP contribution in [0.1, 0.15) is 33.6 Å². The highest BCUT2D eigenvalue weighted by atomic mass is 32.2. The molecule has 0 radical (unpaired) electrons. The smallest absolute Gasteiger partial charge is 0.340 e. The van der Waals surface area contributed by atoms with E-state index in [0.717, 1.165) is 26.7 Å². The lowest BCUT2D eigenvalue weighted by Crippen LogP contribution is -2.33. The molecule has 1 fully saturated rings. The van der Waals surface area contributed by atoms with Gasteiger partial charge in [0.15, 0.2) is 0 Å². The van der Waals surface area contributed by atoms with Gasteiger partial charge >= 0.3 is 10.8 Å². The lowest BCUT2D eigenvalue weighted by atomic mass is 9.88. The molecule has 0 saturated carbocycles. The van der Waals surface area contributed by atoms with E-state index in [2.05, 4.69) is 4.98 Å². The predicted molar refractivity (Wildman–Crippen MR) is 131 cm³/mol. The average Bonchev–Trinajstić information content (AvgIpc) is 3.33. The fraction of sp³-hybridized carbons (Fsp3) is 0.200. The highest BCUT2D eigenvalue weighted by Crippen LogP contribution is 2.51. The second kappa shape index (κ2) is 9.08. The number of fused-ring (bicyclic) bond motifs is 2. The summed E-state index contributed by atoms with van der Waals surface area (Å²) in [5.74, 6) is -2.56. The van der Waals surface area contributed by atoms with Crippen LogP contribution in [0.3, 0.4) is 0 Å². The van der Waals surface area contributed by atoms with Crippen molar-refractivity contribution >= 4 is 52.6 Å². The fourth-order valence-corrected chi connectivity index (χ4v) is 6.82. The largest absolute Gasteiger partial charge is 0.462 e. The molecule has 0 bridgehead atoms. The van der Waals surface area contributed by atoms with Crippen LogP contribution in [0.2, 0.25) is 0 Å². The molecule has 1 N–H and O–H groups in total. The number of aromatic nitrogens is 1. The highest BCUT2D eigenvalue weighted by Gasteiger charge is 2.55. The molecule has 1 aromatic heterocycles. The molecule has 5 rings (SSSR count). The number of H-pyrrole nitrogens is 1. The molecule has 3 aromatic rings. The molecule has 3 heterocycles. The number of carbonyl (C=O) groups is 3. The number of amides is 2. The van der Waals surface area contributed by atoms with E-state index in [1.807, 2.05) is 42.5 Å². The number of hydrogen-bond acceptors (Lipinski definition) is 7. The minimum atomic E-state index is -0.717. The van der Waals surface area contributed by atoms with Gasteiger partial charge in [-0.25, -0.2) is 9.69 Å². The van der Waals surface area contributed by atoms with Crippen LogP contribution in [0.5, 0.6) is 0 Å². The van der Waals surface area contributed by atoms with Crippen LogP contribution >= 0.6 is 23.1 Å². The van der Waals surface area contributed by atoms with E-state index in [9.17, 15) is 19.2 Å². The van der Waals surface area contributed by atoms with Gasteiger partial charge in [-0.2, -0.15) is 0 Å². The quantitative estimate of drug-likeness (QED) is 0.426. The number of thioether (sulfide) groups is 1. The number of rotatable bonds is 5. The highest BCUT2D eigenvalue weighted by molar-refractivity contribution is 8.00. The summed E-state index contributed by atoms with van der Waals surface area (Å²) >= 11 is 2.26. The first-order chi connectivity index (χ1) is 16.5. The van der Waals surface area contributed by atoms with Crippen LogP contribution < -0.4 is 9.77 Å².